The highest BCUT2D eigenvalue weighted by Crippen LogP contribution is 2.33. The normalized spacial score (nSPS) is 11.1. The summed E-state index contributed by atoms with van der Waals surface area (Å²) in [6, 6.07) is 12.6. The fourth-order valence-corrected chi connectivity index (χ4v) is 3.56. The second kappa shape index (κ2) is 10.8. The van der Waals surface area contributed by atoms with E-state index in [2.05, 4.69) is 0 Å². The Morgan fingerprint density at radius 2 is 1.48 bits per heavy atom. The number of esters is 2. The highest BCUT2D eigenvalue weighted by Gasteiger charge is 2.48. The molecule has 0 saturated heterocycles. The second-order valence-corrected chi connectivity index (χ2v) is 7.64. The Kier molecular flexibility index (Phi) is 8.98. The van der Waals surface area contributed by atoms with Crippen molar-refractivity contribution in [1.82, 2.24) is 6.15 Å². The summed E-state index contributed by atoms with van der Waals surface area (Å²) >= 11 is 0. The predicted molar refractivity (Wildman–Crippen MR) is 113 cm³/mol. The van der Waals surface area contributed by atoms with Gasteiger partial charge < -0.3 is 24.9 Å². The van der Waals surface area contributed by atoms with Gasteiger partial charge in [0.15, 0.2) is 15.7 Å². The maximum Gasteiger partial charge on any atom is 0.323 e. The van der Waals surface area contributed by atoms with Crippen LogP contribution < -0.4 is 15.6 Å². The van der Waals surface area contributed by atoms with Crippen molar-refractivity contribution in [3.05, 3.63) is 59.7 Å². The van der Waals surface area contributed by atoms with Crippen LogP contribution in [0.1, 0.15) is 11.1 Å². The first-order chi connectivity index (χ1) is 14.1. The molecule has 0 radical (unpaired) electrons. The van der Waals surface area contributed by atoms with Crippen LogP contribution in [0.2, 0.25) is 0 Å². The summed E-state index contributed by atoms with van der Waals surface area (Å²) in [6.45, 7) is 0. The fraction of sp³-hybridized carbons (Fsp3) is 0.300. The van der Waals surface area contributed by atoms with Crippen molar-refractivity contribution in [3.63, 3.8) is 0 Å². The molecule has 0 fully saturated rings. The van der Waals surface area contributed by atoms with Gasteiger partial charge in [-0.1, -0.05) is 24.3 Å². The van der Waals surface area contributed by atoms with Gasteiger partial charge in [0, 0.05) is 5.69 Å². The minimum Gasteiger partial charge on any atom is -0.731 e. The monoisotopic (exact) mass is 454 g/mol. The fourth-order valence-electron chi connectivity index (χ4n) is 3.14. The predicted octanol–water partition coefficient (Wildman–Crippen LogP) is 2.06. The van der Waals surface area contributed by atoms with Crippen LogP contribution >= 0.6 is 0 Å². The molecule has 0 atom stereocenters. The van der Waals surface area contributed by atoms with E-state index in [9.17, 15) is 22.6 Å². The van der Waals surface area contributed by atoms with Crippen LogP contribution in [0, 0.1) is 5.41 Å². The van der Waals surface area contributed by atoms with E-state index in [1.165, 1.54) is 45.6 Å². The molecule has 0 bridgehead atoms. The number of methoxy groups -OCH3 is 3. The molecule has 0 aliphatic carbocycles. The number of hydrogen-bond donors (Lipinski definition) is 2. The van der Waals surface area contributed by atoms with E-state index >= 15 is 0 Å². The molecule has 0 aromatic heterocycles. The van der Waals surface area contributed by atoms with Crippen LogP contribution in [0.15, 0.2) is 48.5 Å². The number of carbonyl (C=O) groups excluding carboxylic acids is 2. The van der Waals surface area contributed by atoms with Gasteiger partial charge in [-0.05, 0) is 48.2 Å². The molecule has 0 saturated carbocycles. The lowest BCUT2D eigenvalue weighted by Gasteiger charge is -2.28. The van der Waals surface area contributed by atoms with Crippen LogP contribution in [0.5, 0.6) is 5.75 Å². The van der Waals surface area contributed by atoms with E-state index in [1.54, 1.807) is 24.3 Å². The summed E-state index contributed by atoms with van der Waals surface area (Å²) in [6.07, 6.45) is -0.0908. The number of quaternary nitrogens is 1. The summed E-state index contributed by atoms with van der Waals surface area (Å²) in [4.78, 5) is 25.5. The Morgan fingerprint density at radius 3 is 1.97 bits per heavy atom. The number of nitrogens with one attached hydrogen (secondary N) is 1. The Bertz CT molecular complexity index is 990. The molecule has 0 aliphatic heterocycles. The average molecular weight is 455 g/mol. The van der Waals surface area contributed by atoms with Gasteiger partial charge in [0.05, 0.1) is 21.3 Å². The average Bonchev–Trinajstić information content (AvgIpc) is 2.72. The second-order valence-electron chi connectivity index (χ2n) is 6.52. The zero-order valence-electron chi connectivity index (χ0n) is 17.7. The third-order valence-electron chi connectivity index (χ3n) is 4.50. The molecule has 0 heterocycles. The lowest BCUT2D eigenvalue weighted by Crippen LogP contribution is -2.45. The van der Waals surface area contributed by atoms with Gasteiger partial charge in [-0.25, -0.2) is 8.42 Å². The van der Waals surface area contributed by atoms with Crippen molar-refractivity contribution in [2.24, 2.45) is 5.41 Å². The quantitative estimate of drug-likeness (QED) is 0.330. The molecular weight excluding hydrogens is 428 g/mol. The highest BCUT2D eigenvalue weighted by molar-refractivity contribution is 7.87. The van der Waals surface area contributed by atoms with Crippen molar-refractivity contribution in [3.8, 4) is 5.75 Å². The Balaban J connectivity index is 0.00000480. The summed E-state index contributed by atoms with van der Waals surface area (Å²) in [5, 5.41) is 0. The van der Waals surface area contributed by atoms with E-state index < -0.39 is 27.7 Å². The molecule has 11 heteroatoms. The minimum atomic E-state index is -4.67. The number of carbonyl (C=O) groups is 2. The van der Waals surface area contributed by atoms with Crippen molar-refractivity contribution in [2.75, 3.05) is 26.1 Å². The number of hydrogen-bond acceptors (Lipinski definition) is 8. The van der Waals surface area contributed by atoms with Crippen molar-refractivity contribution >= 4 is 27.9 Å². The Hall–Kier alpha value is -3.15. The summed E-state index contributed by atoms with van der Waals surface area (Å²) < 4.78 is 49.3. The van der Waals surface area contributed by atoms with Crippen molar-refractivity contribution in [2.45, 2.75) is 12.8 Å². The van der Waals surface area contributed by atoms with Crippen LogP contribution in [0.4, 0.5) is 5.69 Å². The topological polar surface area (TPSA) is 168 Å². The molecule has 2 aromatic rings. The molecule has 2 aromatic carbocycles. The standard InChI is InChI=1S/C20H23NO8S.H3N/c1-27-17-6-4-5-15(11-17)13-20(18(22)28-2,19(23)29-3)12-14-7-9-16(10-8-14)21-30(24,25)26;/h4-11,21H,12-13H2,1-3H3,(H,24,25,26);1H3. The van der Waals surface area contributed by atoms with Crippen LogP contribution in [0.25, 0.3) is 0 Å². The van der Waals surface area contributed by atoms with E-state index in [0.717, 1.165) is 0 Å². The van der Waals surface area contributed by atoms with Crippen LogP contribution in [-0.2, 0) is 42.2 Å². The number of rotatable bonds is 9. The lowest BCUT2D eigenvalue weighted by molar-refractivity contribution is -0.169. The van der Waals surface area contributed by atoms with E-state index in [1.807, 2.05) is 4.72 Å². The van der Waals surface area contributed by atoms with E-state index in [-0.39, 0.29) is 24.7 Å². The summed E-state index contributed by atoms with van der Waals surface area (Å²) in [5.74, 6) is -0.992. The van der Waals surface area contributed by atoms with Gasteiger partial charge in [0.25, 0.3) is 0 Å². The molecule has 170 valence electrons. The van der Waals surface area contributed by atoms with Gasteiger partial charge in [-0.3, -0.25) is 14.3 Å². The lowest BCUT2D eigenvalue weighted by atomic mass is 9.76. The van der Waals surface area contributed by atoms with Gasteiger partial charge in [0.2, 0.25) is 0 Å². The molecular formula is C20H26N2O8S. The van der Waals surface area contributed by atoms with Crippen molar-refractivity contribution < 1.29 is 36.8 Å². The zero-order valence-corrected chi connectivity index (χ0v) is 18.5. The maximum absolute atomic E-state index is 12.8. The molecule has 31 heavy (non-hydrogen) atoms. The molecule has 10 nitrogen and oxygen atoms in total. The van der Waals surface area contributed by atoms with Gasteiger partial charge >= 0.3 is 11.9 Å². The van der Waals surface area contributed by atoms with Crippen LogP contribution in [-0.4, -0.2) is 46.2 Å². The largest absolute Gasteiger partial charge is 0.731 e. The molecule has 0 aliphatic rings. The highest BCUT2D eigenvalue weighted by atomic mass is 32.2. The SMILES string of the molecule is COC(=O)C(Cc1ccc(NS(=O)(=O)[O-])cc1)(Cc1cccc(OC)c1)C(=O)OC.[NH4+]. The van der Waals surface area contributed by atoms with Gasteiger partial charge in [0.1, 0.15) is 5.75 Å². The first-order valence-electron chi connectivity index (χ1n) is 8.76. The Labute approximate surface area is 181 Å². The summed E-state index contributed by atoms with van der Waals surface area (Å²) in [5.41, 5.74) is -0.443. The minimum absolute atomic E-state index is 0. The zero-order chi connectivity index (χ0) is 22.4. The smallest absolute Gasteiger partial charge is 0.323 e. The molecule has 0 unspecified atom stereocenters. The third-order valence-corrected chi connectivity index (χ3v) is 4.98. The Morgan fingerprint density at radius 1 is 0.935 bits per heavy atom. The molecule has 5 N–H and O–H groups in total. The third kappa shape index (κ3) is 6.67. The number of anilines is 1. The summed E-state index contributed by atoms with van der Waals surface area (Å²) in [7, 11) is -0.806. The molecule has 2 rings (SSSR count). The van der Waals surface area contributed by atoms with Crippen LogP contribution in [0.3, 0.4) is 0 Å². The molecule has 0 spiro atoms. The maximum atomic E-state index is 12.8. The first kappa shape index (κ1) is 25.9. The van der Waals surface area contributed by atoms with E-state index in [0.29, 0.717) is 16.9 Å². The van der Waals surface area contributed by atoms with E-state index in [4.69, 9.17) is 14.2 Å². The van der Waals surface area contributed by atoms with Crippen molar-refractivity contribution in [1.29, 1.82) is 0 Å². The van der Waals surface area contributed by atoms with Gasteiger partial charge in [-0.2, -0.15) is 0 Å². The first-order valence-corrected chi connectivity index (χ1v) is 10.2. The number of ether oxygens (including phenoxy) is 3. The molecule has 0 amide bonds. The van der Waals surface area contributed by atoms with Gasteiger partial charge in [-0.15, -0.1) is 0 Å². The number of benzene rings is 2.